The Morgan fingerprint density at radius 3 is 2.53 bits per heavy atom. The molecule has 1 heterocycles. The lowest BCUT2D eigenvalue weighted by Crippen LogP contribution is -2.23. The monoisotopic (exact) mass is 451 g/mol. The Bertz CT molecular complexity index is 1280. The number of carbonyl (C=O) groups is 1. The van der Waals surface area contributed by atoms with Crippen molar-refractivity contribution in [3.63, 3.8) is 0 Å². The van der Waals surface area contributed by atoms with Gasteiger partial charge in [-0.1, -0.05) is 11.3 Å². The maximum absolute atomic E-state index is 12.8. The second-order valence-electron chi connectivity index (χ2n) is 5.93. The maximum Gasteiger partial charge on any atom is 0.326 e. The quantitative estimate of drug-likeness (QED) is 0.306. The van der Waals surface area contributed by atoms with Crippen LogP contribution in [0.1, 0.15) is 6.92 Å². The number of nitro groups is 1. The largest absolute Gasteiger partial charge is 0.497 e. The number of sulfonamides is 1. The number of ether oxygens (including phenoxy) is 2. The molecule has 158 valence electrons. The second-order valence-corrected chi connectivity index (χ2v) is 8.54. The Morgan fingerprint density at radius 1 is 1.23 bits per heavy atom. The van der Waals surface area contributed by atoms with Gasteiger partial charge in [0.05, 0.1) is 33.8 Å². The van der Waals surface area contributed by atoms with Gasteiger partial charge < -0.3 is 14.0 Å². The maximum atomic E-state index is 12.8. The van der Waals surface area contributed by atoms with Gasteiger partial charge in [0, 0.05) is 12.1 Å². The van der Waals surface area contributed by atoms with Gasteiger partial charge >= 0.3 is 5.97 Å². The number of non-ortho nitro benzene ring substituents is 1. The van der Waals surface area contributed by atoms with Crippen molar-refractivity contribution in [3.8, 4) is 5.75 Å². The highest BCUT2D eigenvalue weighted by molar-refractivity contribution is 7.90. The van der Waals surface area contributed by atoms with Crippen molar-refractivity contribution < 1.29 is 27.6 Å². The van der Waals surface area contributed by atoms with Gasteiger partial charge in [-0.2, -0.15) is 8.42 Å². The Labute approximate surface area is 175 Å². The van der Waals surface area contributed by atoms with Crippen LogP contribution in [0, 0.1) is 10.1 Å². The molecular formula is C18H17N3O7S2. The topological polar surface area (TPSA) is 130 Å². The van der Waals surface area contributed by atoms with Crippen LogP contribution in [0.25, 0.3) is 10.2 Å². The summed E-state index contributed by atoms with van der Waals surface area (Å²) in [6.07, 6.45) is 0. The van der Waals surface area contributed by atoms with Crippen molar-refractivity contribution in [3.05, 3.63) is 57.4 Å². The smallest absolute Gasteiger partial charge is 0.326 e. The first-order valence-corrected chi connectivity index (χ1v) is 10.9. The Morgan fingerprint density at radius 2 is 1.93 bits per heavy atom. The molecule has 0 amide bonds. The summed E-state index contributed by atoms with van der Waals surface area (Å²) in [6.45, 7) is 1.52. The summed E-state index contributed by atoms with van der Waals surface area (Å²) in [7, 11) is -2.65. The molecule has 0 unspecified atom stereocenters. The number of hydrogen-bond acceptors (Lipinski definition) is 8. The van der Waals surface area contributed by atoms with E-state index in [1.165, 1.54) is 54.1 Å². The summed E-state index contributed by atoms with van der Waals surface area (Å²) in [6, 6.07) is 9.71. The van der Waals surface area contributed by atoms with Gasteiger partial charge in [-0.15, -0.1) is 4.40 Å². The van der Waals surface area contributed by atoms with Crippen molar-refractivity contribution in [2.75, 3.05) is 13.7 Å². The molecule has 1 aromatic heterocycles. The van der Waals surface area contributed by atoms with E-state index in [0.29, 0.717) is 16.0 Å². The van der Waals surface area contributed by atoms with E-state index < -0.39 is 20.9 Å². The molecule has 0 aliphatic carbocycles. The number of nitrogens with zero attached hydrogens (tertiary/aromatic N) is 3. The Kier molecular flexibility index (Phi) is 6.17. The number of aromatic nitrogens is 1. The molecule has 2 aromatic carbocycles. The number of methoxy groups -OCH3 is 1. The van der Waals surface area contributed by atoms with Crippen LogP contribution in [-0.4, -0.2) is 37.6 Å². The van der Waals surface area contributed by atoms with Crippen LogP contribution in [-0.2, 0) is 26.1 Å². The summed E-state index contributed by atoms with van der Waals surface area (Å²) in [5.41, 5.74) is 0.277. The predicted molar refractivity (Wildman–Crippen MR) is 109 cm³/mol. The van der Waals surface area contributed by atoms with Gasteiger partial charge in [0.1, 0.15) is 12.3 Å². The first-order valence-electron chi connectivity index (χ1n) is 8.63. The van der Waals surface area contributed by atoms with E-state index in [0.717, 1.165) is 11.3 Å². The normalized spacial score (nSPS) is 12.1. The molecule has 3 rings (SSSR count). The third-order valence-corrected chi connectivity index (χ3v) is 6.46. The lowest BCUT2D eigenvalue weighted by Gasteiger charge is -2.05. The van der Waals surface area contributed by atoms with Crippen LogP contribution in [0.4, 0.5) is 5.69 Å². The Balaban J connectivity index is 2.18. The van der Waals surface area contributed by atoms with Crippen molar-refractivity contribution in [1.29, 1.82) is 0 Å². The second kappa shape index (κ2) is 8.63. The van der Waals surface area contributed by atoms with Crippen LogP contribution in [0.15, 0.2) is 51.8 Å². The van der Waals surface area contributed by atoms with Gasteiger partial charge in [-0.3, -0.25) is 14.9 Å². The zero-order valence-corrected chi connectivity index (χ0v) is 17.6. The lowest BCUT2D eigenvalue weighted by molar-refractivity contribution is -0.384. The fraction of sp³-hybridized carbons (Fsp3) is 0.222. The minimum atomic E-state index is -4.11. The fourth-order valence-corrected chi connectivity index (χ4v) is 4.90. The van der Waals surface area contributed by atoms with Gasteiger partial charge in [0.25, 0.3) is 15.7 Å². The van der Waals surface area contributed by atoms with Crippen LogP contribution >= 0.6 is 11.3 Å². The highest BCUT2D eigenvalue weighted by Crippen LogP contribution is 2.24. The predicted octanol–water partition coefficient (Wildman–Crippen LogP) is 2.47. The number of thiazole rings is 1. The minimum Gasteiger partial charge on any atom is -0.497 e. The zero-order chi connectivity index (χ0) is 21.9. The molecule has 12 heteroatoms. The van der Waals surface area contributed by atoms with Crippen LogP contribution < -0.4 is 9.54 Å². The fourth-order valence-electron chi connectivity index (χ4n) is 2.64. The van der Waals surface area contributed by atoms with Crippen LogP contribution in [0.5, 0.6) is 5.75 Å². The molecule has 0 aliphatic heterocycles. The molecule has 0 atom stereocenters. The van der Waals surface area contributed by atoms with Gasteiger partial charge in [-0.25, -0.2) is 0 Å². The molecule has 0 aliphatic rings. The molecule has 0 N–H and O–H groups in total. The van der Waals surface area contributed by atoms with Crippen LogP contribution in [0.2, 0.25) is 0 Å². The summed E-state index contributed by atoms with van der Waals surface area (Å²) in [5, 5.41) is 11.1. The average Bonchev–Trinajstić information content (AvgIpc) is 3.03. The first-order chi connectivity index (χ1) is 14.2. The molecule has 30 heavy (non-hydrogen) atoms. The van der Waals surface area contributed by atoms with E-state index in [9.17, 15) is 23.3 Å². The van der Waals surface area contributed by atoms with E-state index >= 15 is 0 Å². The average molecular weight is 451 g/mol. The first kappa shape index (κ1) is 21.5. The number of nitro benzene ring substituents is 1. The SMILES string of the molecule is CCOC(=O)Cn1c(=NS(=O)(=O)c2ccc(OC)cc2)sc2cc([N+](=O)[O-])ccc21. The minimum absolute atomic E-state index is 0.00521. The molecule has 0 saturated carbocycles. The van der Waals surface area contributed by atoms with Crippen molar-refractivity contribution in [1.82, 2.24) is 4.57 Å². The number of hydrogen-bond donors (Lipinski definition) is 0. The van der Waals surface area contributed by atoms with Crippen molar-refractivity contribution >= 4 is 43.2 Å². The third kappa shape index (κ3) is 4.49. The molecule has 0 saturated heterocycles. The molecule has 0 spiro atoms. The molecule has 0 radical (unpaired) electrons. The van der Waals surface area contributed by atoms with E-state index in [4.69, 9.17) is 9.47 Å². The van der Waals surface area contributed by atoms with Crippen LogP contribution in [0.3, 0.4) is 0 Å². The number of esters is 1. The van der Waals surface area contributed by atoms with E-state index in [1.807, 2.05) is 0 Å². The molecule has 0 bridgehead atoms. The molecule has 10 nitrogen and oxygen atoms in total. The summed E-state index contributed by atoms with van der Waals surface area (Å²) >= 11 is 0.925. The number of carbonyl (C=O) groups excluding carboxylic acids is 1. The van der Waals surface area contributed by atoms with E-state index in [-0.39, 0.29) is 28.5 Å². The van der Waals surface area contributed by atoms with E-state index in [2.05, 4.69) is 4.40 Å². The summed E-state index contributed by atoms with van der Waals surface area (Å²) in [5.74, 6) is -0.0978. The summed E-state index contributed by atoms with van der Waals surface area (Å²) < 4.78 is 41.2. The molecule has 3 aromatic rings. The van der Waals surface area contributed by atoms with Gasteiger partial charge in [0.2, 0.25) is 4.80 Å². The number of fused-ring (bicyclic) bond motifs is 1. The van der Waals surface area contributed by atoms with Gasteiger partial charge in [0.15, 0.2) is 0 Å². The zero-order valence-electron chi connectivity index (χ0n) is 16.0. The highest BCUT2D eigenvalue weighted by Gasteiger charge is 2.18. The highest BCUT2D eigenvalue weighted by atomic mass is 32.2. The third-order valence-electron chi connectivity index (χ3n) is 4.03. The number of rotatable bonds is 7. The van der Waals surface area contributed by atoms with Crippen molar-refractivity contribution in [2.24, 2.45) is 4.40 Å². The standard InChI is InChI=1S/C18H17N3O7S2/c1-3-28-17(22)11-20-15-9-4-12(21(23)24)10-16(15)29-18(20)19-30(25,26)14-7-5-13(27-2)6-8-14/h4-10H,3,11H2,1-2H3. The summed E-state index contributed by atoms with van der Waals surface area (Å²) in [4.78, 5) is 22.5. The molecule has 0 fully saturated rings. The Hall–Kier alpha value is -3.25. The number of benzene rings is 2. The van der Waals surface area contributed by atoms with E-state index in [1.54, 1.807) is 6.92 Å². The van der Waals surface area contributed by atoms with Crippen molar-refractivity contribution in [2.45, 2.75) is 18.4 Å². The lowest BCUT2D eigenvalue weighted by atomic mass is 10.3. The molecular weight excluding hydrogens is 434 g/mol. The van der Waals surface area contributed by atoms with Gasteiger partial charge in [-0.05, 0) is 37.3 Å².